The van der Waals surface area contributed by atoms with Gasteiger partial charge in [-0.1, -0.05) is 11.6 Å². The van der Waals surface area contributed by atoms with Crippen LogP contribution in [-0.4, -0.2) is 44.4 Å². The van der Waals surface area contributed by atoms with Crippen LogP contribution in [0.15, 0.2) is 12.4 Å². The number of aryl methyl sites for hydroxylation is 1. The second-order valence-electron chi connectivity index (χ2n) is 6.61. The van der Waals surface area contributed by atoms with Gasteiger partial charge in [-0.15, -0.1) is 0 Å². The lowest BCUT2D eigenvalue weighted by atomic mass is 10.0. The molecule has 0 bridgehead atoms. The summed E-state index contributed by atoms with van der Waals surface area (Å²) in [4.78, 5) is 27.1. The minimum atomic E-state index is -0.570. The number of hydrogen-bond donors (Lipinski definition) is 2. The summed E-state index contributed by atoms with van der Waals surface area (Å²) < 4.78 is 1.65. The highest BCUT2D eigenvalue weighted by Crippen LogP contribution is 2.41. The first-order valence-electron chi connectivity index (χ1n) is 8.39. The van der Waals surface area contributed by atoms with Crippen LogP contribution in [0.2, 0.25) is 5.15 Å². The summed E-state index contributed by atoms with van der Waals surface area (Å²) in [6.45, 7) is 0.622. The number of rotatable bonds is 4. The zero-order valence-corrected chi connectivity index (χ0v) is 14.6. The summed E-state index contributed by atoms with van der Waals surface area (Å²) in [6, 6.07) is -0.570. The molecule has 25 heavy (non-hydrogen) atoms. The SMILES string of the molecule is Cn1cc(N2CCCC(NC(=O)c3c(Cl)n[nH]c3C3CC3)C2=O)cn1. The van der Waals surface area contributed by atoms with Gasteiger partial charge in [0.05, 0.1) is 23.1 Å². The molecule has 0 spiro atoms. The molecule has 1 atom stereocenters. The van der Waals surface area contributed by atoms with E-state index in [2.05, 4.69) is 20.6 Å². The molecule has 2 N–H and O–H groups in total. The summed E-state index contributed by atoms with van der Waals surface area (Å²) in [5.74, 6) is -0.151. The van der Waals surface area contributed by atoms with E-state index in [-0.39, 0.29) is 17.0 Å². The highest BCUT2D eigenvalue weighted by molar-refractivity contribution is 6.33. The number of carbonyl (C=O) groups excluding carboxylic acids is 2. The van der Waals surface area contributed by atoms with Crippen molar-refractivity contribution >= 4 is 29.1 Å². The number of nitrogens with zero attached hydrogens (tertiary/aromatic N) is 4. The van der Waals surface area contributed by atoms with E-state index in [0.717, 1.165) is 30.6 Å². The Labute approximate surface area is 149 Å². The van der Waals surface area contributed by atoms with Gasteiger partial charge in [0.25, 0.3) is 5.91 Å². The number of H-pyrrole nitrogens is 1. The Bertz CT molecular complexity index is 824. The molecule has 1 unspecified atom stereocenters. The molecule has 2 aliphatic rings. The molecular weight excluding hydrogens is 344 g/mol. The second-order valence-corrected chi connectivity index (χ2v) is 6.97. The topological polar surface area (TPSA) is 95.9 Å². The van der Waals surface area contributed by atoms with Gasteiger partial charge >= 0.3 is 0 Å². The van der Waals surface area contributed by atoms with Crippen LogP contribution in [0, 0.1) is 0 Å². The Morgan fingerprint density at radius 2 is 2.20 bits per heavy atom. The third-order valence-corrected chi connectivity index (χ3v) is 4.98. The van der Waals surface area contributed by atoms with E-state index in [1.165, 1.54) is 0 Å². The van der Waals surface area contributed by atoms with Crippen LogP contribution in [-0.2, 0) is 11.8 Å². The van der Waals surface area contributed by atoms with Crippen molar-refractivity contribution in [3.63, 3.8) is 0 Å². The first-order chi connectivity index (χ1) is 12.0. The molecule has 4 rings (SSSR count). The van der Waals surface area contributed by atoms with Gasteiger partial charge in [0, 0.05) is 25.7 Å². The molecule has 1 saturated heterocycles. The first kappa shape index (κ1) is 16.1. The number of hydrogen-bond acceptors (Lipinski definition) is 4. The van der Waals surface area contributed by atoms with E-state index in [1.807, 2.05) is 0 Å². The van der Waals surface area contributed by atoms with Gasteiger partial charge in [-0.05, 0) is 25.7 Å². The average Bonchev–Trinajstić information content (AvgIpc) is 3.22. The number of carbonyl (C=O) groups is 2. The average molecular weight is 363 g/mol. The van der Waals surface area contributed by atoms with Crippen molar-refractivity contribution in [2.45, 2.75) is 37.6 Å². The van der Waals surface area contributed by atoms with Crippen LogP contribution in [0.3, 0.4) is 0 Å². The van der Waals surface area contributed by atoms with E-state index in [9.17, 15) is 9.59 Å². The number of halogens is 1. The number of aromatic amines is 1. The summed E-state index contributed by atoms with van der Waals surface area (Å²) >= 11 is 6.08. The van der Waals surface area contributed by atoms with E-state index >= 15 is 0 Å². The Hall–Kier alpha value is -2.35. The summed E-state index contributed by atoms with van der Waals surface area (Å²) in [7, 11) is 1.80. The van der Waals surface area contributed by atoms with Crippen molar-refractivity contribution in [2.24, 2.45) is 7.05 Å². The molecule has 1 saturated carbocycles. The number of amides is 2. The molecule has 8 nitrogen and oxygen atoms in total. The van der Waals surface area contributed by atoms with Crippen LogP contribution in [0.1, 0.15) is 47.7 Å². The number of anilines is 1. The molecular formula is C16H19ClN6O2. The summed E-state index contributed by atoms with van der Waals surface area (Å²) in [5.41, 5.74) is 1.89. The predicted molar refractivity (Wildman–Crippen MR) is 91.6 cm³/mol. The van der Waals surface area contributed by atoms with Crippen LogP contribution in [0.5, 0.6) is 0 Å². The zero-order chi connectivity index (χ0) is 17.6. The van der Waals surface area contributed by atoms with E-state index in [0.29, 0.717) is 24.4 Å². The summed E-state index contributed by atoms with van der Waals surface area (Å²) in [5, 5.41) is 13.9. The molecule has 9 heteroatoms. The maximum atomic E-state index is 12.8. The van der Waals surface area contributed by atoms with Gasteiger partial charge in [-0.25, -0.2) is 0 Å². The molecule has 2 amide bonds. The van der Waals surface area contributed by atoms with Gasteiger partial charge in [-0.2, -0.15) is 10.2 Å². The minimum Gasteiger partial charge on any atom is -0.340 e. The van der Waals surface area contributed by atoms with Crippen molar-refractivity contribution < 1.29 is 9.59 Å². The molecule has 2 aromatic rings. The van der Waals surface area contributed by atoms with Crippen molar-refractivity contribution in [1.82, 2.24) is 25.3 Å². The van der Waals surface area contributed by atoms with Gasteiger partial charge in [0.1, 0.15) is 6.04 Å². The molecule has 2 fully saturated rings. The monoisotopic (exact) mass is 362 g/mol. The normalized spacial score (nSPS) is 20.8. The van der Waals surface area contributed by atoms with Crippen molar-refractivity contribution in [1.29, 1.82) is 0 Å². The summed E-state index contributed by atoms with van der Waals surface area (Å²) in [6.07, 6.45) is 6.90. The lowest BCUT2D eigenvalue weighted by Crippen LogP contribution is -2.52. The fraction of sp³-hybridized carbons (Fsp3) is 0.500. The predicted octanol–water partition coefficient (Wildman–Crippen LogP) is 1.60. The second kappa shape index (κ2) is 6.18. The molecule has 3 heterocycles. The van der Waals surface area contributed by atoms with Gasteiger partial charge in [0.15, 0.2) is 5.15 Å². The van der Waals surface area contributed by atoms with E-state index in [1.54, 1.807) is 29.0 Å². The fourth-order valence-electron chi connectivity index (χ4n) is 3.26. The standard InChI is InChI=1S/C16H19ClN6O2/c1-22-8-10(7-18-22)23-6-2-3-11(16(23)25)19-15(24)12-13(9-4-5-9)20-21-14(12)17/h7-9,11H,2-6H2,1H3,(H,19,24)(H,20,21). The van der Waals surface area contributed by atoms with Crippen LogP contribution < -0.4 is 10.2 Å². The molecule has 1 aliphatic carbocycles. The van der Waals surface area contributed by atoms with Crippen LogP contribution in [0.4, 0.5) is 5.69 Å². The molecule has 2 aromatic heterocycles. The maximum Gasteiger partial charge on any atom is 0.256 e. The highest BCUT2D eigenvalue weighted by Gasteiger charge is 2.35. The van der Waals surface area contributed by atoms with Crippen molar-refractivity contribution in [3.8, 4) is 0 Å². The third kappa shape index (κ3) is 3.02. The third-order valence-electron chi connectivity index (χ3n) is 4.71. The Morgan fingerprint density at radius 1 is 1.40 bits per heavy atom. The molecule has 1 aliphatic heterocycles. The number of nitrogens with one attached hydrogen (secondary N) is 2. The largest absolute Gasteiger partial charge is 0.340 e. The quantitative estimate of drug-likeness (QED) is 0.863. The van der Waals surface area contributed by atoms with E-state index < -0.39 is 6.04 Å². The van der Waals surface area contributed by atoms with Gasteiger partial charge in [-0.3, -0.25) is 19.4 Å². The Balaban J connectivity index is 1.51. The zero-order valence-electron chi connectivity index (χ0n) is 13.8. The minimum absolute atomic E-state index is 0.125. The number of piperidine rings is 1. The Kier molecular flexibility index (Phi) is 3.99. The maximum absolute atomic E-state index is 12.8. The number of aromatic nitrogens is 4. The Morgan fingerprint density at radius 3 is 2.88 bits per heavy atom. The molecule has 132 valence electrons. The van der Waals surface area contributed by atoms with Gasteiger partial charge in [0.2, 0.25) is 5.91 Å². The van der Waals surface area contributed by atoms with Crippen molar-refractivity contribution in [2.75, 3.05) is 11.4 Å². The smallest absolute Gasteiger partial charge is 0.256 e. The highest BCUT2D eigenvalue weighted by atomic mass is 35.5. The molecule has 0 radical (unpaired) electrons. The fourth-order valence-corrected chi connectivity index (χ4v) is 3.49. The van der Waals surface area contributed by atoms with Crippen molar-refractivity contribution in [3.05, 3.63) is 28.8 Å². The lowest BCUT2D eigenvalue weighted by molar-refractivity contribution is -0.121. The van der Waals surface area contributed by atoms with Crippen LogP contribution in [0.25, 0.3) is 0 Å². The molecule has 0 aromatic carbocycles. The van der Waals surface area contributed by atoms with E-state index in [4.69, 9.17) is 11.6 Å². The van der Waals surface area contributed by atoms with Gasteiger partial charge < -0.3 is 10.2 Å². The lowest BCUT2D eigenvalue weighted by Gasteiger charge is -2.31. The van der Waals surface area contributed by atoms with Crippen LogP contribution >= 0.6 is 11.6 Å². The first-order valence-corrected chi connectivity index (χ1v) is 8.77.